The van der Waals surface area contributed by atoms with Crippen LogP contribution in [0.25, 0.3) is 0 Å². The van der Waals surface area contributed by atoms with Crippen LogP contribution in [0.4, 0.5) is 5.69 Å². The van der Waals surface area contributed by atoms with E-state index < -0.39 is 36.3 Å². The van der Waals surface area contributed by atoms with E-state index in [4.69, 9.17) is 5.11 Å². The van der Waals surface area contributed by atoms with E-state index in [1.807, 2.05) is 0 Å². The highest BCUT2D eigenvalue weighted by molar-refractivity contribution is 7.58. The van der Waals surface area contributed by atoms with Crippen molar-refractivity contribution in [1.29, 1.82) is 0 Å². The van der Waals surface area contributed by atoms with Gasteiger partial charge >= 0.3 is 5.97 Å². The number of carbonyl (C=O) groups is 1. The van der Waals surface area contributed by atoms with E-state index in [-0.39, 0.29) is 30.1 Å². The quantitative estimate of drug-likeness (QED) is 0.229. The molecule has 0 heterocycles. The fourth-order valence-electron chi connectivity index (χ4n) is 1.62. The van der Waals surface area contributed by atoms with Gasteiger partial charge in [0.15, 0.2) is 11.9 Å². The molecule has 0 aliphatic rings. The Balaban J connectivity index is 0.00000441. The molecule has 0 bridgehead atoms. The number of carboxylic acids is 1. The molecule has 9 nitrogen and oxygen atoms in total. The van der Waals surface area contributed by atoms with Crippen molar-refractivity contribution in [3.8, 4) is 0 Å². The molecule has 0 radical (unpaired) electrons. The summed E-state index contributed by atoms with van der Waals surface area (Å²) in [4.78, 5) is 30.4. The molecule has 0 saturated heterocycles. The largest absolute Gasteiger partial charge is 1.00 e. The maximum Gasteiger partial charge on any atom is 0.362 e. The van der Waals surface area contributed by atoms with Crippen molar-refractivity contribution in [2.45, 2.75) is 18.3 Å². The molecule has 6 N–H and O–H groups in total. The Morgan fingerprint density at radius 2 is 2.05 bits per heavy atom. The molecule has 1 aromatic carbocycles. The van der Waals surface area contributed by atoms with Gasteiger partial charge in [0, 0.05) is 24.7 Å². The predicted molar refractivity (Wildman–Crippen MR) is 71.7 cm³/mol. The number of quaternary nitrogens is 1. The number of aliphatic hydroxyl groups is 1. The second-order valence-corrected chi connectivity index (χ2v) is 6.98. The zero-order valence-corrected chi connectivity index (χ0v) is 13.0. The number of non-ortho nitro benzene ring substituents is 1. The fourth-order valence-corrected chi connectivity index (χ4v) is 3.17. The Kier molecular flexibility index (Phi) is 7.65. The van der Waals surface area contributed by atoms with Gasteiger partial charge in [-0.3, -0.25) is 14.7 Å². The molecular formula is C11H16ClN2O7P. The Labute approximate surface area is 131 Å². The van der Waals surface area contributed by atoms with Crippen LogP contribution in [0, 0.1) is 10.1 Å². The lowest BCUT2D eigenvalue weighted by atomic mass is 10.2. The topological polar surface area (TPSA) is 166 Å². The second kappa shape index (κ2) is 8.21. The van der Waals surface area contributed by atoms with Crippen molar-refractivity contribution in [2.24, 2.45) is 0 Å². The maximum atomic E-state index is 12.0. The van der Waals surface area contributed by atoms with E-state index in [1.54, 1.807) is 0 Å². The number of benzene rings is 1. The lowest BCUT2D eigenvalue weighted by Gasteiger charge is -2.18. The van der Waals surface area contributed by atoms with Gasteiger partial charge in [0.2, 0.25) is 7.37 Å². The lowest BCUT2D eigenvalue weighted by Crippen LogP contribution is -3.00. The van der Waals surface area contributed by atoms with Gasteiger partial charge in [-0.1, -0.05) is 12.1 Å². The molecule has 0 aliphatic heterocycles. The number of rotatable bonds is 7. The molecule has 124 valence electrons. The summed E-state index contributed by atoms with van der Waals surface area (Å²) in [6.45, 7) is 0. The van der Waals surface area contributed by atoms with Crippen LogP contribution in [0.15, 0.2) is 24.3 Å². The average molecular weight is 355 g/mol. The van der Waals surface area contributed by atoms with Gasteiger partial charge in [-0.05, 0) is 5.56 Å². The smallest absolute Gasteiger partial charge is 0.362 e. The van der Waals surface area contributed by atoms with Crippen molar-refractivity contribution in [1.82, 2.24) is 0 Å². The van der Waals surface area contributed by atoms with E-state index >= 15 is 0 Å². The summed E-state index contributed by atoms with van der Waals surface area (Å²) in [5.41, 5.74) is 2.93. The summed E-state index contributed by atoms with van der Waals surface area (Å²) < 4.78 is 12.0. The first-order valence-electron chi connectivity index (χ1n) is 5.95. The number of aliphatic carboxylic acids is 1. The third-order valence-corrected chi connectivity index (χ3v) is 4.87. The molecule has 1 rings (SSSR count). The molecule has 1 aromatic rings. The number of nitro benzene ring substituents is 1. The van der Waals surface area contributed by atoms with Crippen molar-refractivity contribution in [3.05, 3.63) is 39.9 Å². The molecule has 22 heavy (non-hydrogen) atoms. The summed E-state index contributed by atoms with van der Waals surface area (Å²) in [5, 5.41) is 29.2. The van der Waals surface area contributed by atoms with E-state index in [0.29, 0.717) is 0 Å². The molecule has 0 aromatic heterocycles. The molecule has 3 unspecified atom stereocenters. The minimum absolute atomic E-state index is 0. The van der Waals surface area contributed by atoms with Crippen molar-refractivity contribution in [3.63, 3.8) is 0 Å². The van der Waals surface area contributed by atoms with Gasteiger partial charge in [0.05, 0.1) is 4.92 Å². The number of nitro groups is 1. The Morgan fingerprint density at radius 3 is 2.55 bits per heavy atom. The van der Waals surface area contributed by atoms with Crippen LogP contribution in [0.1, 0.15) is 17.8 Å². The van der Waals surface area contributed by atoms with Gasteiger partial charge in [-0.25, -0.2) is 4.79 Å². The van der Waals surface area contributed by atoms with Gasteiger partial charge in [-0.2, -0.15) is 0 Å². The summed E-state index contributed by atoms with van der Waals surface area (Å²) in [7, 11) is -4.12. The monoisotopic (exact) mass is 354 g/mol. The summed E-state index contributed by atoms with van der Waals surface area (Å²) >= 11 is 0. The summed E-state index contributed by atoms with van der Waals surface area (Å²) in [6.07, 6.45) is -0.633. The highest BCUT2D eigenvalue weighted by atomic mass is 35.5. The minimum Gasteiger partial charge on any atom is -1.00 e. The highest BCUT2D eigenvalue weighted by Crippen LogP contribution is 2.54. The fraction of sp³-hybridized carbons (Fsp3) is 0.364. The number of halogens is 1. The second-order valence-electron chi connectivity index (χ2n) is 4.53. The molecule has 0 fully saturated rings. The first kappa shape index (κ1) is 20.5. The van der Waals surface area contributed by atoms with Crippen LogP contribution < -0.4 is 18.1 Å². The van der Waals surface area contributed by atoms with Crippen LogP contribution in [-0.4, -0.2) is 38.2 Å². The normalized spacial score (nSPS) is 16.0. The van der Waals surface area contributed by atoms with Crippen molar-refractivity contribution < 1.29 is 47.5 Å². The third kappa shape index (κ3) is 5.36. The van der Waals surface area contributed by atoms with E-state index in [2.05, 4.69) is 5.73 Å². The Morgan fingerprint density at radius 1 is 1.45 bits per heavy atom. The van der Waals surface area contributed by atoms with Crippen LogP contribution in [0.5, 0.6) is 0 Å². The Bertz CT molecular complexity index is 598. The van der Waals surface area contributed by atoms with Crippen LogP contribution in [-0.2, 0) is 9.36 Å². The summed E-state index contributed by atoms with van der Waals surface area (Å²) in [5.74, 6) is -3.02. The van der Waals surface area contributed by atoms with Gasteiger partial charge < -0.3 is 33.2 Å². The SMILES string of the molecule is [Cl-].[NH3+]C(CCP(=O)(O)C(O)c1cccc([N+](=O)[O-])c1)C(=O)O. The summed E-state index contributed by atoms with van der Waals surface area (Å²) in [6, 6.07) is 3.71. The van der Waals surface area contributed by atoms with E-state index in [0.717, 1.165) is 6.07 Å². The molecular weight excluding hydrogens is 339 g/mol. The predicted octanol–water partition coefficient (Wildman–Crippen LogP) is -3.05. The molecule has 0 spiro atoms. The van der Waals surface area contributed by atoms with Crippen LogP contribution in [0.2, 0.25) is 0 Å². The number of nitrogens with zero attached hydrogens (tertiary/aromatic N) is 1. The highest BCUT2D eigenvalue weighted by Gasteiger charge is 2.33. The lowest BCUT2D eigenvalue weighted by molar-refractivity contribution is -0.407. The minimum atomic E-state index is -4.12. The van der Waals surface area contributed by atoms with Crippen LogP contribution >= 0.6 is 7.37 Å². The molecule has 0 amide bonds. The van der Waals surface area contributed by atoms with Crippen molar-refractivity contribution in [2.75, 3.05) is 6.16 Å². The zero-order chi connectivity index (χ0) is 16.2. The van der Waals surface area contributed by atoms with Gasteiger partial charge in [0.25, 0.3) is 5.69 Å². The average Bonchev–Trinajstić information content (AvgIpc) is 2.43. The first-order valence-corrected chi connectivity index (χ1v) is 7.86. The first-order chi connectivity index (χ1) is 9.65. The number of hydrogen-bond acceptors (Lipinski definition) is 5. The molecule has 11 heteroatoms. The standard InChI is InChI=1S/C11H15N2O7P.ClH/c12-9(10(14)15)4-5-21(19,20)11(16)7-2-1-3-8(6-7)13(17)18;/h1-3,6,9,11,16H,4-5,12H2,(H,14,15)(H,19,20);1H. The molecule has 0 aliphatic carbocycles. The van der Waals surface area contributed by atoms with Crippen LogP contribution in [0.3, 0.4) is 0 Å². The van der Waals surface area contributed by atoms with E-state index in [9.17, 15) is 29.5 Å². The zero-order valence-electron chi connectivity index (χ0n) is 11.3. The van der Waals surface area contributed by atoms with Gasteiger partial charge in [-0.15, -0.1) is 0 Å². The Hall–Kier alpha value is -1.51. The molecule has 3 atom stereocenters. The maximum absolute atomic E-state index is 12.0. The van der Waals surface area contributed by atoms with Gasteiger partial charge in [0.1, 0.15) is 0 Å². The number of hydrogen-bond donors (Lipinski definition) is 4. The number of aliphatic hydroxyl groups excluding tert-OH is 1. The van der Waals surface area contributed by atoms with E-state index in [1.165, 1.54) is 18.2 Å². The molecule has 0 saturated carbocycles. The number of carboxylic acid groups (broad SMARTS) is 1. The third-order valence-electron chi connectivity index (χ3n) is 2.91. The van der Waals surface area contributed by atoms with Crippen molar-refractivity contribution >= 4 is 19.0 Å².